The Labute approximate surface area is 108 Å². The van der Waals surface area contributed by atoms with Crippen LogP contribution in [-0.4, -0.2) is 39.6 Å². The van der Waals surface area contributed by atoms with E-state index >= 15 is 0 Å². The molecule has 2 rings (SSSR count). The van der Waals surface area contributed by atoms with E-state index in [1.54, 1.807) is 18.2 Å². The van der Waals surface area contributed by atoms with Crippen LogP contribution in [0.5, 0.6) is 0 Å². The van der Waals surface area contributed by atoms with Crippen LogP contribution in [0.3, 0.4) is 0 Å². The average Bonchev–Trinajstić information content (AvgIpc) is 2.84. The van der Waals surface area contributed by atoms with Crippen LogP contribution in [0.2, 0.25) is 5.02 Å². The Balaban J connectivity index is 2.06. The standard InChI is InChI=1S/C11H12ClN3O3/c12-8-3-1-2-7(4-8)10-14-11(18-15-10)13-5-9(17)6-16/h1-4,9,16-17H,5-6H2,(H,13,14,15). The summed E-state index contributed by atoms with van der Waals surface area (Å²) < 4.78 is 4.95. The molecule has 0 amide bonds. The predicted molar refractivity (Wildman–Crippen MR) is 66.3 cm³/mol. The Morgan fingerprint density at radius 1 is 1.44 bits per heavy atom. The summed E-state index contributed by atoms with van der Waals surface area (Å²) in [5.41, 5.74) is 0.738. The lowest BCUT2D eigenvalue weighted by molar-refractivity contribution is 0.104. The summed E-state index contributed by atoms with van der Waals surface area (Å²) >= 11 is 5.86. The van der Waals surface area contributed by atoms with Gasteiger partial charge in [-0.3, -0.25) is 0 Å². The molecule has 0 spiro atoms. The first-order valence-electron chi connectivity index (χ1n) is 5.31. The zero-order valence-electron chi connectivity index (χ0n) is 9.38. The normalized spacial score (nSPS) is 12.4. The molecule has 1 aromatic heterocycles. The molecule has 1 unspecified atom stereocenters. The van der Waals surface area contributed by atoms with Crippen LogP contribution in [0.25, 0.3) is 11.4 Å². The van der Waals surface area contributed by atoms with Gasteiger partial charge >= 0.3 is 6.01 Å². The van der Waals surface area contributed by atoms with Gasteiger partial charge in [0.05, 0.1) is 12.7 Å². The lowest BCUT2D eigenvalue weighted by Crippen LogP contribution is -2.23. The van der Waals surface area contributed by atoms with E-state index in [1.165, 1.54) is 0 Å². The monoisotopic (exact) mass is 269 g/mol. The maximum Gasteiger partial charge on any atom is 0.321 e. The Morgan fingerprint density at radius 2 is 2.28 bits per heavy atom. The molecule has 0 saturated carbocycles. The molecule has 0 aliphatic heterocycles. The number of rotatable bonds is 5. The van der Waals surface area contributed by atoms with E-state index in [0.717, 1.165) is 5.56 Å². The van der Waals surface area contributed by atoms with E-state index < -0.39 is 6.10 Å². The Hall–Kier alpha value is -1.63. The molecule has 2 aromatic rings. The molecule has 0 fully saturated rings. The van der Waals surface area contributed by atoms with E-state index in [0.29, 0.717) is 10.8 Å². The van der Waals surface area contributed by atoms with Crippen LogP contribution in [0.4, 0.5) is 6.01 Å². The number of benzene rings is 1. The highest BCUT2D eigenvalue weighted by Crippen LogP contribution is 2.20. The fourth-order valence-electron chi connectivity index (χ4n) is 1.31. The van der Waals surface area contributed by atoms with Crippen molar-refractivity contribution in [2.45, 2.75) is 6.10 Å². The molecule has 7 heteroatoms. The maximum atomic E-state index is 9.16. The Kier molecular flexibility index (Phi) is 4.14. The van der Waals surface area contributed by atoms with Gasteiger partial charge in [-0.25, -0.2) is 0 Å². The zero-order valence-corrected chi connectivity index (χ0v) is 10.1. The molecular weight excluding hydrogens is 258 g/mol. The molecule has 0 bridgehead atoms. The number of nitrogens with one attached hydrogen (secondary N) is 1. The second-order valence-corrected chi connectivity index (χ2v) is 4.09. The first kappa shape index (κ1) is 12.8. The third-order valence-electron chi connectivity index (χ3n) is 2.21. The molecule has 0 aliphatic carbocycles. The third kappa shape index (κ3) is 3.19. The van der Waals surface area contributed by atoms with Crippen LogP contribution in [0.1, 0.15) is 0 Å². The first-order valence-corrected chi connectivity index (χ1v) is 5.69. The SMILES string of the molecule is OCC(O)CNc1nc(-c2cccc(Cl)c2)no1. The van der Waals surface area contributed by atoms with Crippen molar-refractivity contribution in [2.24, 2.45) is 0 Å². The first-order chi connectivity index (χ1) is 8.69. The van der Waals surface area contributed by atoms with E-state index in [9.17, 15) is 0 Å². The van der Waals surface area contributed by atoms with Crippen LogP contribution in [0, 0.1) is 0 Å². The van der Waals surface area contributed by atoms with Crippen molar-refractivity contribution >= 4 is 17.6 Å². The van der Waals surface area contributed by atoms with Gasteiger partial charge in [-0.05, 0) is 12.1 Å². The van der Waals surface area contributed by atoms with Crippen molar-refractivity contribution in [3.05, 3.63) is 29.3 Å². The third-order valence-corrected chi connectivity index (χ3v) is 2.44. The summed E-state index contributed by atoms with van der Waals surface area (Å²) in [5.74, 6) is 0.401. The second kappa shape index (κ2) is 5.81. The van der Waals surface area contributed by atoms with Crippen molar-refractivity contribution in [2.75, 3.05) is 18.5 Å². The van der Waals surface area contributed by atoms with E-state index in [4.69, 9.17) is 26.3 Å². The van der Waals surface area contributed by atoms with Crippen molar-refractivity contribution in [3.63, 3.8) is 0 Å². The van der Waals surface area contributed by atoms with Crippen LogP contribution >= 0.6 is 11.6 Å². The maximum absolute atomic E-state index is 9.16. The van der Waals surface area contributed by atoms with E-state index in [1.807, 2.05) is 6.07 Å². The number of hydrogen-bond acceptors (Lipinski definition) is 6. The van der Waals surface area contributed by atoms with Crippen LogP contribution in [0.15, 0.2) is 28.8 Å². The second-order valence-electron chi connectivity index (χ2n) is 3.65. The van der Waals surface area contributed by atoms with Crippen LogP contribution in [-0.2, 0) is 0 Å². The van der Waals surface area contributed by atoms with Gasteiger partial charge < -0.3 is 20.1 Å². The number of nitrogens with zero attached hydrogens (tertiary/aromatic N) is 2. The topological polar surface area (TPSA) is 91.4 Å². The predicted octanol–water partition coefficient (Wildman–Crippen LogP) is 1.16. The van der Waals surface area contributed by atoms with Crippen molar-refractivity contribution in [3.8, 4) is 11.4 Å². The molecule has 0 aliphatic rings. The number of aliphatic hydroxyl groups is 2. The molecule has 1 aromatic carbocycles. The minimum Gasteiger partial charge on any atom is -0.394 e. The van der Waals surface area contributed by atoms with Gasteiger partial charge in [0.1, 0.15) is 0 Å². The number of aliphatic hydroxyl groups excluding tert-OH is 2. The van der Waals surface area contributed by atoms with Gasteiger partial charge in [0.2, 0.25) is 5.82 Å². The number of halogens is 1. The minimum atomic E-state index is -0.869. The van der Waals surface area contributed by atoms with Gasteiger partial charge in [-0.15, -0.1) is 0 Å². The molecule has 18 heavy (non-hydrogen) atoms. The van der Waals surface area contributed by atoms with Crippen LogP contribution < -0.4 is 5.32 Å². The van der Waals surface area contributed by atoms with Gasteiger partial charge in [0.25, 0.3) is 0 Å². The van der Waals surface area contributed by atoms with Gasteiger partial charge in [-0.1, -0.05) is 28.9 Å². The Morgan fingerprint density at radius 3 is 3.00 bits per heavy atom. The summed E-state index contributed by atoms with van der Waals surface area (Å²) in [6, 6.07) is 7.25. The van der Waals surface area contributed by atoms with Gasteiger partial charge in [0.15, 0.2) is 0 Å². The fourth-order valence-corrected chi connectivity index (χ4v) is 1.50. The highest BCUT2D eigenvalue weighted by atomic mass is 35.5. The number of anilines is 1. The molecule has 3 N–H and O–H groups in total. The molecule has 1 atom stereocenters. The van der Waals surface area contributed by atoms with Gasteiger partial charge in [0, 0.05) is 17.1 Å². The highest BCUT2D eigenvalue weighted by molar-refractivity contribution is 6.30. The molecule has 96 valence electrons. The summed E-state index contributed by atoms with van der Waals surface area (Å²) in [6.07, 6.45) is -0.869. The number of hydrogen-bond donors (Lipinski definition) is 3. The zero-order chi connectivity index (χ0) is 13.0. The van der Waals surface area contributed by atoms with E-state index in [-0.39, 0.29) is 19.2 Å². The summed E-state index contributed by atoms with van der Waals surface area (Å²) in [4.78, 5) is 4.09. The minimum absolute atomic E-state index is 0.133. The van der Waals surface area contributed by atoms with E-state index in [2.05, 4.69) is 15.5 Å². The summed E-state index contributed by atoms with van der Waals surface area (Å²) in [7, 11) is 0. The fraction of sp³-hybridized carbons (Fsp3) is 0.273. The smallest absolute Gasteiger partial charge is 0.321 e. The quantitative estimate of drug-likeness (QED) is 0.754. The van der Waals surface area contributed by atoms with Crippen molar-refractivity contribution in [1.82, 2.24) is 10.1 Å². The van der Waals surface area contributed by atoms with Gasteiger partial charge in [-0.2, -0.15) is 4.98 Å². The summed E-state index contributed by atoms with van der Waals surface area (Å²) in [6.45, 7) is -0.198. The molecular formula is C11H12ClN3O3. The van der Waals surface area contributed by atoms with Crippen molar-refractivity contribution < 1.29 is 14.7 Å². The average molecular weight is 270 g/mol. The lowest BCUT2D eigenvalue weighted by Gasteiger charge is -2.05. The molecule has 0 saturated heterocycles. The molecule has 1 heterocycles. The molecule has 0 radical (unpaired) electrons. The number of aromatic nitrogens is 2. The molecule has 6 nitrogen and oxygen atoms in total. The summed E-state index contributed by atoms with van der Waals surface area (Å²) in [5, 5.41) is 24.9. The Bertz CT molecular complexity index is 518. The van der Waals surface area contributed by atoms with Crippen molar-refractivity contribution in [1.29, 1.82) is 0 Å². The largest absolute Gasteiger partial charge is 0.394 e. The highest BCUT2D eigenvalue weighted by Gasteiger charge is 2.09. The lowest BCUT2D eigenvalue weighted by atomic mass is 10.2.